The van der Waals surface area contributed by atoms with Crippen molar-refractivity contribution in [2.24, 2.45) is 5.92 Å². The van der Waals surface area contributed by atoms with Crippen molar-refractivity contribution in [3.8, 4) is 0 Å². The monoisotopic (exact) mass is 311 g/mol. The molecule has 0 bridgehead atoms. The largest absolute Gasteiger partial charge is 0.462 e. The number of hydrogen-bond acceptors (Lipinski definition) is 4. The SMILES string of the molecule is CC(C)(C)OC=O.OC[C@@H]1CNCC[C@H]1c1ccc(F)cc1. The minimum absolute atomic E-state index is 0.190. The van der Waals surface area contributed by atoms with Crippen molar-refractivity contribution in [1.82, 2.24) is 5.32 Å². The third-order valence-electron chi connectivity index (χ3n) is 3.54. The van der Waals surface area contributed by atoms with Crippen LogP contribution in [0.15, 0.2) is 24.3 Å². The first-order chi connectivity index (χ1) is 10.4. The van der Waals surface area contributed by atoms with E-state index >= 15 is 0 Å². The molecule has 1 aromatic rings. The Bertz CT molecular complexity index is 442. The second-order valence-corrected chi connectivity index (χ2v) is 6.42. The van der Waals surface area contributed by atoms with Crippen molar-refractivity contribution in [2.45, 2.75) is 38.7 Å². The highest BCUT2D eigenvalue weighted by atomic mass is 19.1. The zero-order valence-electron chi connectivity index (χ0n) is 13.5. The smallest absolute Gasteiger partial charge is 0.293 e. The Morgan fingerprint density at radius 2 is 2.00 bits per heavy atom. The summed E-state index contributed by atoms with van der Waals surface area (Å²) in [6, 6.07) is 6.64. The molecule has 1 saturated heterocycles. The summed E-state index contributed by atoms with van der Waals surface area (Å²) in [5.74, 6) is 0.411. The van der Waals surface area contributed by atoms with Gasteiger partial charge in [0.25, 0.3) is 6.47 Å². The van der Waals surface area contributed by atoms with Crippen LogP contribution in [0.2, 0.25) is 0 Å². The quantitative estimate of drug-likeness (QED) is 0.842. The highest BCUT2D eigenvalue weighted by Crippen LogP contribution is 2.29. The molecule has 124 valence electrons. The Labute approximate surface area is 131 Å². The summed E-state index contributed by atoms with van der Waals surface area (Å²) in [6.45, 7) is 7.93. The average molecular weight is 311 g/mol. The van der Waals surface area contributed by atoms with E-state index in [-0.39, 0.29) is 23.9 Å². The average Bonchev–Trinajstić information content (AvgIpc) is 2.47. The van der Waals surface area contributed by atoms with E-state index in [1.165, 1.54) is 12.1 Å². The Kier molecular flexibility index (Phi) is 7.48. The number of hydrogen-bond donors (Lipinski definition) is 2. The molecule has 4 nitrogen and oxygen atoms in total. The van der Waals surface area contributed by atoms with E-state index in [1.54, 1.807) is 0 Å². The summed E-state index contributed by atoms with van der Waals surface area (Å²) in [6.07, 6.45) is 1.01. The van der Waals surface area contributed by atoms with Crippen LogP contribution in [0, 0.1) is 11.7 Å². The van der Waals surface area contributed by atoms with Crippen LogP contribution < -0.4 is 5.32 Å². The van der Waals surface area contributed by atoms with E-state index in [0.29, 0.717) is 12.4 Å². The molecule has 1 aromatic carbocycles. The predicted molar refractivity (Wildman–Crippen MR) is 84.1 cm³/mol. The van der Waals surface area contributed by atoms with Crippen LogP contribution in [0.3, 0.4) is 0 Å². The molecule has 0 aliphatic carbocycles. The maximum absolute atomic E-state index is 12.8. The van der Waals surface area contributed by atoms with Crippen molar-refractivity contribution >= 4 is 6.47 Å². The van der Waals surface area contributed by atoms with Crippen molar-refractivity contribution in [1.29, 1.82) is 0 Å². The number of nitrogens with one attached hydrogen (secondary N) is 1. The molecule has 2 N–H and O–H groups in total. The molecule has 2 atom stereocenters. The topological polar surface area (TPSA) is 58.6 Å². The first-order valence-corrected chi connectivity index (χ1v) is 7.56. The maximum atomic E-state index is 12.8. The van der Waals surface area contributed by atoms with E-state index in [0.717, 1.165) is 25.1 Å². The van der Waals surface area contributed by atoms with Crippen molar-refractivity contribution in [2.75, 3.05) is 19.7 Å². The second-order valence-electron chi connectivity index (χ2n) is 6.42. The zero-order chi connectivity index (χ0) is 16.6. The van der Waals surface area contributed by atoms with E-state index in [2.05, 4.69) is 10.1 Å². The number of halogens is 1. The molecule has 22 heavy (non-hydrogen) atoms. The van der Waals surface area contributed by atoms with Gasteiger partial charge in [0, 0.05) is 19.1 Å². The fraction of sp³-hybridized carbons (Fsp3) is 0.588. The number of benzene rings is 1. The first-order valence-electron chi connectivity index (χ1n) is 7.56. The van der Waals surface area contributed by atoms with Crippen molar-refractivity contribution in [3.05, 3.63) is 35.6 Å². The second kappa shape index (κ2) is 8.86. The molecule has 0 amide bonds. The Morgan fingerprint density at radius 3 is 2.45 bits per heavy atom. The van der Waals surface area contributed by atoms with Gasteiger partial charge in [-0.1, -0.05) is 12.1 Å². The van der Waals surface area contributed by atoms with E-state index in [4.69, 9.17) is 0 Å². The summed E-state index contributed by atoms with van der Waals surface area (Å²) >= 11 is 0. The summed E-state index contributed by atoms with van der Waals surface area (Å²) in [5, 5.41) is 12.5. The van der Waals surface area contributed by atoms with Gasteiger partial charge in [0.15, 0.2) is 0 Å². The van der Waals surface area contributed by atoms with Crippen LogP contribution in [-0.2, 0) is 9.53 Å². The predicted octanol–water partition coefficient (Wildman–Crippen LogP) is 2.47. The molecule has 1 aliphatic rings. The summed E-state index contributed by atoms with van der Waals surface area (Å²) < 4.78 is 17.3. The highest BCUT2D eigenvalue weighted by molar-refractivity contribution is 5.37. The Hall–Kier alpha value is -1.46. The van der Waals surface area contributed by atoms with Crippen LogP contribution in [-0.4, -0.2) is 36.9 Å². The number of ether oxygens (including phenoxy) is 1. The zero-order valence-corrected chi connectivity index (χ0v) is 13.5. The molecule has 2 rings (SSSR count). The van der Waals surface area contributed by atoms with Gasteiger partial charge in [-0.2, -0.15) is 0 Å². The molecular formula is C17H26FNO3. The standard InChI is InChI=1S/C12H16FNO.C5H10O2/c13-11-3-1-9(2-4-11)12-5-6-14-7-10(12)8-15;1-5(2,3)7-4-6/h1-4,10,12,14-15H,5-8H2;4H,1-3H3/t10-,12-;/m0./s1. The van der Waals surface area contributed by atoms with Crippen molar-refractivity contribution in [3.63, 3.8) is 0 Å². The number of aliphatic hydroxyl groups excluding tert-OH is 1. The van der Waals surface area contributed by atoms with Gasteiger partial charge in [0.2, 0.25) is 0 Å². The molecule has 0 unspecified atom stereocenters. The molecule has 1 heterocycles. The third-order valence-corrected chi connectivity index (χ3v) is 3.54. The van der Waals surface area contributed by atoms with Crippen LogP contribution in [0.4, 0.5) is 4.39 Å². The number of piperidine rings is 1. The molecule has 0 radical (unpaired) electrons. The summed E-state index contributed by atoms with van der Waals surface area (Å²) in [5.41, 5.74) is 0.818. The van der Waals surface area contributed by atoms with Crippen LogP contribution in [0.1, 0.15) is 38.7 Å². The fourth-order valence-corrected chi connectivity index (χ4v) is 2.41. The minimum atomic E-state index is -0.318. The minimum Gasteiger partial charge on any atom is -0.462 e. The molecule has 0 saturated carbocycles. The van der Waals surface area contributed by atoms with Crippen LogP contribution in [0.5, 0.6) is 0 Å². The van der Waals surface area contributed by atoms with E-state index in [1.807, 2.05) is 32.9 Å². The maximum Gasteiger partial charge on any atom is 0.293 e. The molecule has 1 aliphatic heterocycles. The van der Waals surface area contributed by atoms with Gasteiger partial charge in [-0.05, 0) is 57.4 Å². The number of rotatable bonds is 3. The number of carbonyl (C=O) groups excluding carboxylic acids is 1. The van der Waals surface area contributed by atoms with Crippen LogP contribution in [0.25, 0.3) is 0 Å². The number of aliphatic hydroxyl groups is 1. The van der Waals surface area contributed by atoms with Gasteiger partial charge in [-0.25, -0.2) is 4.39 Å². The summed E-state index contributed by atoms with van der Waals surface area (Å²) in [4.78, 5) is 9.60. The Morgan fingerprint density at radius 1 is 1.36 bits per heavy atom. The van der Waals surface area contributed by atoms with Gasteiger partial charge in [0.05, 0.1) is 0 Å². The molecule has 1 fully saturated rings. The molecule has 5 heteroatoms. The van der Waals surface area contributed by atoms with Crippen molar-refractivity contribution < 1.29 is 19.0 Å². The van der Waals surface area contributed by atoms with Gasteiger partial charge >= 0.3 is 0 Å². The van der Waals surface area contributed by atoms with E-state index < -0.39 is 0 Å². The number of carbonyl (C=O) groups is 1. The molecular weight excluding hydrogens is 285 g/mol. The van der Waals surface area contributed by atoms with Gasteiger partial charge in [0.1, 0.15) is 11.4 Å². The molecule has 0 spiro atoms. The lowest BCUT2D eigenvalue weighted by atomic mass is 9.82. The fourth-order valence-electron chi connectivity index (χ4n) is 2.41. The lowest BCUT2D eigenvalue weighted by Crippen LogP contribution is -2.37. The van der Waals surface area contributed by atoms with Crippen LogP contribution >= 0.6 is 0 Å². The Balaban J connectivity index is 0.000000295. The van der Waals surface area contributed by atoms with Gasteiger partial charge in [-0.3, -0.25) is 4.79 Å². The van der Waals surface area contributed by atoms with E-state index in [9.17, 15) is 14.3 Å². The normalized spacial score (nSPS) is 21.5. The third kappa shape index (κ3) is 6.54. The lowest BCUT2D eigenvalue weighted by Gasteiger charge is -2.31. The van der Waals surface area contributed by atoms with Gasteiger partial charge in [-0.15, -0.1) is 0 Å². The van der Waals surface area contributed by atoms with Gasteiger partial charge < -0.3 is 15.2 Å². The first kappa shape index (κ1) is 18.6. The highest BCUT2D eigenvalue weighted by Gasteiger charge is 2.25. The lowest BCUT2D eigenvalue weighted by molar-refractivity contribution is -0.138. The summed E-state index contributed by atoms with van der Waals surface area (Å²) in [7, 11) is 0. The molecule has 0 aromatic heterocycles.